The molecular formula is CH22Al2Mg6O22. The van der Waals surface area contributed by atoms with E-state index in [1.54, 1.807) is 0 Å². The second-order valence-corrected chi connectivity index (χ2v) is 0.250. The van der Waals surface area contributed by atoms with Gasteiger partial charge in [0.1, 0.15) is 0 Å². The van der Waals surface area contributed by atoms with Crippen LogP contribution < -0.4 is 10.2 Å². The quantitative estimate of drug-likeness (QED) is 0.238. The topological polar surface area (TPSA) is 638 Å². The summed E-state index contributed by atoms with van der Waals surface area (Å²) in [5.74, 6) is 0. The van der Waals surface area contributed by atoms with E-state index in [2.05, 4.69) is 0 Å². The van der Waals surface area contributed by atoms with Gasteiger partial charge in [-0.3, -0.25) is 0 Å². The molecule has 0 unspecified atom stereocenters. The summed E-state index contributed by atoms with van der Waals surface area (Å²) < 4.78 is 0. The standard InChI is InChI=1S/CH2O3.2Al.6Mg.19H2O/c2-1(3)4;;;;;;;;;;;;;;;;;;;;;;;;;;;/h(H2,2,3,4);;;;;;;;;19*1H2/q;2*+3;6*+2;;;;;;;;;;;;;;;;;;;/p-18. The molecule has 0 aliphatic heterocycles. The van der Waals surface area contributed by atoms with E-state index in [4.69, 9.17) is 15.0 Å². The first-order chi connectivity index (χ1) is 1.73. The van der Waals surface area contributed by atoms with Gasteiger partial charge in [-0.1, -0.05) is 0 Å². The predicted octanol–water partition coefficient (Wildman–Crippen LogP) is -10.8. The van der Waals surface area contributed by atoms with Crippen LogP contribution in [0, 0.1) is 0 Å². The molecule has 0 saturated heterocycles. The van der Waals surface area contributed by atoms with Crippen molar-refractivity contribution in [3.63, 3.8) is 0 Å². The van der Waals surface area contributed by atoms with Crippen molar-refractivity contribution in [3.05, 3.63) is 0 Å². The first-order valence-electron chi connectivity index (χ1n) is 0.612. The number of carbonyl (C=O) groups is 1. The van der Waals surface area contributed by atoms with Gasteiger partial charge < -0.3 is 119 Å². The molecule has 0 heterocycles. The molecule has 30 heteroatoms. The second kappa shape index (κ2) is 731. The van der Waals surface area contributed by atoms with E-state index in [-0.39, 0.29) is 277 Å². The van der Waals surface area contributed by atoms with E-state index < -0.39 is 6.16 Å². The van der Waals surface area contributed by atoms with Crippen molar-refractivity contribution < 1.29 is 119 Å². The fourth-order valence-electron chi connectivity index (χ4n) is 0. The molecule has 0 saturated carbocycles. The van der Waals surface area contributed by atoms with E-state index in [9.17, 15) is 0 Å². The SMILES string of the molecule is O.O.O.O=C([O-])[O-].[Al+3].[Al+3].[Mg+2].[Mg+2].[Mg+2].[Mg+2].[Mg+2].[Mg+2].[OH-].[OH-].[OH-].[OH-].[OH-].[OH-].[OH-].[OH-].[OH-].[OH-].[OH-].[OH-].[OH-].[OH-].[OH-].[OH-]. The minimum absolute atomic E-state index is 0. The maximum Gasteiger partial charge on any atom is 3.00 e. The van der Waals surface area contributed by atoms with Crippen LogP contribution in [-0.4, -0.2) is 283 Å². The molecule has 0 bridgehead atoms. The van der Waals surface area contributed by atoms with Crippen LogP contribution in [0.3, 0.4) is 0 Å². The number of hydrogen-bond acceptors (Lipinski definition) is 19. The van der Waals surface area contributed by atoms with Crippen LogP contribution in [0.2, 0.25) is 0 Å². The van der Waals surface area contributed by atoms with Crippen LogP contribution in [0.4, 0.5) is 4.79 Å². The monoisotopic (exact) mass is 584 g/mol. The summed E-state index contributed by atoms with van der Waals surface area (Å²) in [6.45, 7) is 0. The zero-order valence-electron chi connectivity index (χ0n) is 15.8. The number of carboxylic acid groups (broad SMARTS) is 2. The Bertz CT molecular complexity index is 61.0. The molecule has 0 fully saturated rings. The molecule has 0 aliphatic carbocycles. The molecular weight excluding hydrogens is 564 g/mol. The van der Waals surface area contributed by atoms with Crippen LogP contribution in [-0.2, 0) is 0 Å². The fraction of sp³-hybridized carbons (Fsp3) is 0. The molecule has 0 aromatic carbocycles. The fourth-order valence-corrected chi connectivity index (χ4v) is 0. The summed E-state index contributed by atoms with van der Waals surface area (Å²) in [5.41, 5.74) is 0. The third-order valence-corrected chi connectivity index (χ3v) is 0. The number of rotatable bonds is 0. The van der Waals surface area contributed by atoms with Gasteiger partial charge in [0, 0.05) is 0 Å². The van der Waals surface area contributed by atoms with Crippen molar-refractivity contribution in [1.82, 2.24) is 0 Å². The van der Waals surface area contributed by atoms with Gasteiger partial charge in [-0.15, -0.1) is 0 Å². The molecule has 0 aliphatic rings. The van der Waals surface area contributed by atoms with Crippen LogP contribution in [0.25, 0.3) is 0 Å². The molecule has 0 radical (unpaired) electrons. The molecule has 0 amide bonds. The van der Waals surface area contributed by atoms with Crippen molar-refractivity contribution in [2.75, 3.05) is 0 Å². The summed E-state index contributed by atoms with van der Waals surface area (Å²) in [7, 11) is 0. The van der Waals surface area contributed by atoms with Gasteiger partial charge in [0.2, 0.25) is 0 Å². The van der Waals surface area contributed by atoms with Crippen molar-refractivity contribution >= 4 is 179 Å². The van der Waals surface area contributed by atoms with Gasteiger partial charge in [0.25, 0.3) is 0 Å². The summed E-state index contributed by atoms with van der Waals surface area (Å²) in [6.07, 6.45) is -2.33. The van der Waals surface area contributed by atoms with Crippen LogP contribution in [0.15, 0.2) is 0 Å². The Balaban J connectivity index is -0.000000000128. The smallest absolute Gasteiger partial charge is 0.870 e. The van der Waals surface area contributed by atoms with Gasteiger partial charge in [0.05, 0.1) is 0 Å². The van der Waals surface area contributed by atoms with E-state index in [1.807, 2.05) is 0 Å². The van der Waals surface area contributed by atoms with Gasteiger partial charge in [-0.05, 0) is 6.16 Å². The van der Waals surface area contributed by atoms with Crippen LogP contribution in [0.1, 0.15) is 0 Å². The van der Waals surface area contributed by atoms with Crippen molar-refractivity contribution in [3.8, 4) is 0 Å². The Labute approximate surface area is 294 Å². The third kappa shape index (κ3) is 2030. The molecule has 176 valence electrons. The average molecular weight is 586 g/mol. The second-order valence-electron chi connectivity index (χ2n) is 0.250. The summed E-state index contributed by atoms with van der Waals surface area (Å²) >= 11 is 0. The molecule has 0 aromatic heterocycles. The van der Waals surface area contributed by atoms with E-state index in [0.29, 0.717) is 0 Å². The van der Waals surface area contributed by atoms with E-state index >= 15 is 0 Å². The zero-order valence-corrected chi connectivity index (χ0v) is 26.6. The van der Waals surface area contributed by atoms with Gasteiger partial charge >= 0.3 is 173 Å². The molecule has 0 rings (SSSR count). The number of hydrogen-bond donors (Lipinski definition) is 0. The molecule has 0 spiro atoms. The summed E-state index contributed by atoms with van der Waals surface area (Å²) in [4.78, 5) is 8.33. The van der Waals surface area contributed by atoms with Crippen LogP contribution >= 0.6 is 0 Å². The Morgan fingerprint density at radius 3 is 0.323 bits per heavy atom. The Hall–Kier alpha value is 4.17. The Morgan fingerprint density at radius 1 is 0.323 bits per heavy atom. The summed E-state index contributed by atoms with van der Waals surface area (Å²) in [5, 5.41) is 16.7. The van der Waals surface area contributed by atoms with Crippen LogP contribution in [0.5, 0.6) is 0 Å². The van der Waals surface area contributed by atoms with E-state index in [0.717, 1.165) is 0 Å². The van der Waals surface area contributed by atoms with Crippen molar-refractivity contribution in [2.45, 2.75) is 0 Å². The normalized spacial score (nSPS) is 0.774. The predicted molar refractivity (Wildman–Crippen MR) is 93.2 cm³/mol. The largest absolute Gasteiger partial charge is 3.00 e. The van der Waals surface area contributed by atoms with Gasteiger partial charge in [-0.2, -0.15) is 0 Å². The van der Waals surface area contributed by atoms with E-state index in [1.165, 1.54) is 0 Å². The van der Waals surface area contributed by atoms with Crippen molar-refractivity contribution in [1.29, 1.82) is 0 Å². The minimum Gasteiger partial charge on any atom is -0.870 e. The maximum atomic E-state index is 8.33. The van der Waals surface area contributed by atoms with Gasteiger partial charge in [0.15, 0.2) is 0 Å². The molecule has 0 aromatic rings. The first kappa shape index (κ1) is 798. The zero-order chi connectivity index (χ0) is 3.58. The maximum absolute atomic E-state index is 8.33. The molecule has 22 N–H and O–H groups in total. The van der Waals surface area contributed by atoms with Crippen molar-refractivity contribution in [2.24, 2.45) is 0 Å². The first-order valence-corrected chi connectivity index (χ1v) is 0.612. The summed E-state index contributed by atoms with van der Waals surface area (Å²) in [6, 6.07) is 0. The Morgan fingerprint density at radius 2 is 0.323 bits per heavy atom. The molecule has 31 heavy (non-hydrogen) atoms. The Kier molecular flexibility index (Phi) is 18800. The third-order valence-electron chi connectivity index (χ3n) is 0. The molecule has 22 nitrogen and oxygen atoms in total. The average Bonchev–Trinajstić information content (AvgIpc) is 0.811. The molecule has 0 atom stereocenters. The minimum atomic E-state index is -2.33. The number of carbonyl (C=O) groups excluding carboxylic acids is 1. The van der Waals surface area contributed by atoms with Gasteiger partial charge in [-0.25, -0.2) is 0 Å².